The third-order valence-electron chi connectivity index (χ3n) is 6.50. The lowest BCUT2D eigenvalue weighted by molar-refractivity contribution is 0.00578. The number of esters is 2. The van der Waals surface area contributed by atoms with Gasteiger partial charge in [0.2, 0.25) is 0 Å². The van der Waals surface area contributed by atoms with E-state index in [1.807, 2.05) is 48.5 Å². The first-order valence-electron chi connectivity index (χ1n) is 13.6. The fourth-order valence-corrected chi connectivity index (χ4v) is 5.47. The zero-order valence-electron chi connectivity index (χ0n) is 26.5. The molecule has 5 rings (SSSR count). The number of nitrogens with zero attached hydrogens (tertiary/aromatic N) is 3. The average Bonchev–Trinajstić information content (AvgIpc) is 3.79. The molecule has 4 aromatic rings. The quantitative estimate of drug-likeness (QED) is 0.147. The molecule has 1 N–H and O–H groups in total. The molecule has 0 aromatic carbocycles. The van der Waals surface area contributed by atoms with Gasteiger partial charge in [-0.05, 0) is 76.5 Å². The number of halogens is 1. The first-order valence-corrected chi connectivity index (χ1v) is 16.1. The molecule has 5 heterocycles. The number of aromatic nitrogens is 4. The number of rotatable bonds is 4. The van der Waals surface area contributed by atoms with Crippen molar-refractivity contribution in [3.05, 3.63) is 62.6 Å². The van der Waals surface area contributed by atoms with Crippen LogP contribution >= 0.6 is 38.6 Å². The molecule has 0 bridgehead atoms. The molecule has 242 valence electrons. The fraction of sp³-hybridized carbons (Fsp3) is 0.414. The van der Waals surface area contributed by atoms with Crippen LogP contribution in [-0.4, -0.2) is 76.2 Å². The summed E-state index contributed by atoms with van der Waals surface area (Å²) in [5.41, 5.74) is 1.43. The SMILES string of the molecule is CC(C)(C)OC(=O)n1cc(B2OC(C)(C)C(C)(C)O2)cn1.COC(=O)c1csc(-c2cn[nH]c2)c1.COC(=O)c1csc(Br)c1. The molecule has 1 aliphatic heterocycles. The van der Waals surface area contributed by atoms with Gasteiger partial charge in [-0.2, -0.15) is 14.9 Å². The molecule has 4 aromatic heterocycles. The maximum Gasteiger partial charge on any atom is 0.498 e. The summed E-state index contributed by atoms with van der Waals surface area (Å²) in [7, 11) is 2.21. The third kappa shape index (κ3) is 9.84. The zero-order valence-corrected chi connectivity index (χ0v) is 29.7. The molecular formula is C29H36BBrN4O8S2. The monoisotopic (exact) mass is 722 g/mol. The molecule has 12 nitrogen and oxygen atoms in total. The van der Waals surface area contributed by atoms with Gasteiger partial charge in [0.1, 0.15) is 5.60 Å². The summed E-state index contributed by atoms with van der Waals surface area (Å²) in [5, 5.41) is 14.1. The second-order valence-electron chi connectivity index (χ2n) is 11.6. The van der Waals surface area contributed by atoms with Crippen molar-refractivity contribution in [3.63, 3.8) is 0 Å². The van der Waals surface area contributed by atoms with Gasteiger partial charge in [-0.15, -0.1) is 22.7 Å². The summed E-state index contributed by atoms with van der Waals surface area (Å²) in [6, 6.07) is 3.53. The smallest absolute Gasteiger partial charge is 0.465 e. The predicted octanol–water partition coefficient (Wildman–Crippen LogP) is 6.19. The number of nitrogens with one attached hydrogen (secondary N) is 1. The lowest BCUT2D eigenvalue weighted by atomic mass is 9.82. The topological polar surface area (TPSA) is 144 Å². The van der Waals surface area contributed by atoms with E-state index in [0.717, 1.165) is 18.9 Å². The van der Waals surface area contributed by atoms with Gasteiger partial charge in [0.05, 0.1) is 46.5 Å². The van der Waals surface area contributed by atoms with Crippen LogP contribution in [0.3, 0.4) is 0 Å². The Balaban J connectivity index is 0.000000198. The Labute approximate surface area is 278 Å². The number of carbonyl (C=O) groups is 3. The van der Waals surface area contributed by atoms with Crippen molar-refractivity contribution in [1.82, 2.24) is 20.0 Å². The Morgan fingerprint density at radius 3 is 2.02 bits per heavy atom. The van der Waals surface area contributed by atoms with Crippen molar-refractivity contribution in [2.75, 3.05) is 14.2 Å². The molecular weight excluding hydrogens is 687 g/mol. The molecule has 45 heavy (non-hydrogen) atoms. The Morgan fingerprint density at radius 1 is 0.956 bits per heavy atom. The van der Waals surface area contributed by atoms with Crippen LogP contribution in [0.1, 0.15) is 69.2 Å². The fourth-order valence-electron chi connectivity index (χ4n) is 3.48. The lowest BCUT2D eigenvalue weighted by Crippen LogP contribution is -2.41. The second kappa shape index (κ2) is 14.9. The molecule has 0 atom stereocenters. The highest BCUT2D eigenvalue weighted by atomic mass is 79.9. The van der Waals surface area contributed by atoms with Gasteiger partial charge >= 0.3 is 25.2 Å². The number of thiophene rings is 2. The van der Waals surface area contributed by atoms with Crippen LogP contribution in [0, 0.1) is 0 Å². The minimum Gasteiger partial charge on any atom is -0.465 e. The number of methoxy groups -OCH3 is 2. The van der Waals surface area contributed by atoms with E-state index in [2.05, 4.69) is 40.7 Å². The largest absolute Gasteiger partial charge is 0.498 e. The molecule has 0 aliphatic carbocycles. The van der Waals surface area contributed by atoms with Crippen LogP contribution in [0.25, 0.3) is 10.4 Å². The van der Waals surface area contributed by atoms with Crippen molar-refractivity contribution in [3.8, 4) is 10.4 Å². The van der Waals surface area contributed by atoms with E-state index in [9.17, 15) is 14.4 Å². The highest BCUT2D eigenvalue weighted by Gasteiger charge is 2.52. The van der Waals surface area contributed by atoms with E-state index >= 15 is 0 Å². The Hall–Kier alpha value is -3.31. The maximum absolute atomic E-state index is 11.9. The summed E-state index contributed by atoms with van der Waals surface area (Å²) >= 11 is 6.19. The molecule has 16 heteroatoms. The lowest BCUT2D eigenvalue weighted by Gasteiger charge is -2.32. The van der Waals surface area contributed by atoms with Gasteiger partial charge in [0, 0.05) is 45.3 Å². The van der Waals surface area contributed by atoms with Gasteiger partial charge < -0.3 is 23.5 Å². The predicted molar refractivity (Wildman–Crippen MR) is 176 cm³/mol. The highest BCUT2D eigenvalue weighted by Crippen LogP contribution is 2.36. The Bertz CT molecular complexity index is 1570. The van der Waals surface area contributed by atoms with E-state index < -0.39 is 30.0 Å². The van der Waals surface area contributed by atoms with Crippen LogP contribution in [0.4, 0.5) is 4.79 Å². The van der Waals surface area contributed by atoms with E-state index in [4.69, 9.17) is 14.0 Å². The zero-order chi connectivity index (χ0) is 33.6. The van der Waals surface area contributed by atoms with Crippen molar-refractivity contribution in [2.45, 2.75) is 65.3 Å². The Morgan fingerprint density at radius 2 is 1.53 bits per heavy atom. The molecule has 1 saturated heterocycles. The molecule has 0 radical (unpaired) electrons. The average molecular weight is 723 g/mol. The number of H-pyrrole nitrogens is 1. The number of ether oxygens (including phenoxy) is 3. The first kappa shape index (κ1) is 36.2. The van der Waals surface area contributed by atoms with E-state index in [-0.39, 0.29) is 11.9 Å². The summed E-state index contributed by atoms with van der Waals surface area (Å²) in [6.07, 6.45) is 6.12. The number of hydrogen-bond donors (Lipinski definition) is 1. The van der Waals surface area contributed by atoms with Crippen LogP contribution in [0.5, 0.6) is 0 Å². The summed E-state index contributed by atoms with van der Waals surface area (Å²) in [4.78, 5) is 34.9. The van der Waals surface area contributed by atoms with Gasteiger partial charge in [-0.25, -0.2) is 14.4 Å². The van der Waals surface area contributed by atoms with Crippen molar-refractivity contribution in [1.29, 1.82) is 0 Å². The van der Waals surface area contributed by atoms with Crippen molar-refractivity contribution < 1.29 is 37.9 Å². The third-order valence-corrected chi connectivity index (χ3v) is 8.98. The second-order valence-corrected chi connectivity index (χ2v) is 14.8. The molecule has 0 spiro atoms. The van der Waals surface area contributed by atoms with Crippen molar-refractivity contribution in [2.24, 2.45) is 0 Å². The number of aromatic amines is 1. The molecule has 0 unspecified atom stereocenters. The Kier molecular flexibility index (Phi) is 11.9. The molecule has 0 amide bonds. The highest BCUT2D eigenvalue weighted by molar-refractivity contribution is 9.11. The van der Waals surface area contributed by atoms with E-state index in [1.54, 1.807) is 47.7 Å². The first-order chi connectivity index (χ1) is 21.0. The van der Waals surface area contributed by atoms with Crippen LogP contribution in [-0.2, 0) is 23.5 Å². The number of carbonyl (C=O) groups excluding carboxylic acids is 3. The minimum absolute atomic E-state index is 0.290. The standard InChI is InChI=1S/C14H23BN2O4.C9H8N2O2S.C6H5BrO2S/c1-12(2,3)19-11(18)17-9-10(8-16-17)15-20-13(4,5)14(6,7)21-15;1-13-9(12)6-2-8(14-5-6)7-3-10-11-4-7;1-9-6(8)4-2-5(7)10-3-4/h8-9H,1-7H3;2-5H,1H3,(H,10,11);2-3H,1H3. The van der Waals surface area contributed by atoms with Gasteiger partial charge in [0.15, 0.2) is 0 Å². The van der Waals surface area contributed by atoms with Crippen LogP contribution in [0.2, 0.25) is 0 Å². The minimum atomic E-state index is -0.562. The van der Waals surface area contributed by atoms with Crippen molar-refractivity contribution >= 4 is 69.2 Å². The van der Waals surface area contributed by atoms with Crippen LogP contribution < -0.4 is 5.46 Å². The molecule has 1 aliphatic rings. The van der Waals surface area contributed by atoms with Gasteiger partial charge in [-0.1, -0.05) is 0 Å². The number of hydrogen-bond acceptors (Lipinski definition) is 12. The summed E-state index contributed by atoms with van der Waals surface area (Å²) in [5.74, 6) is -0.599. The van der Waals surface area contributed by atoms with Gasteiger partial charge in [-0.3, -0.25) is 5.10 Å². The molecule has 1 fully saturated rings. The van der Waals surface area contributed by atoms with Gasteiger partial charge in [0.25, 0.3) is 0 Å². The van der Waals surface area contributed by atoms with E-state index in [1.165, 1.54) is 36.9 Å². The van der Waals surface area contributed by atoms with E-state index in [0.29, 0.717) is 16.6 Å². The summed E-state index contributed by atoms with van der Waals surface area (Å²) in [6.45, 7) is 13.3. The molecule has 0 saturated carbocycles. The normalized spacial score (nSPS) is 14.8. The van der Waals surface area contributed by atoms with Crippen LogP contribution in [0.15, 0.2) is 51.5 Å². The maximum atomic E-state index is 11.9. The summed E-state index contributed by atoms with van der Waals surface area (Å²) < 4.78 is 28.3.